The smallest absolute Gasteiger partial charge is 0.475 e. The molecule has 1 unspecified atom stereocenters. The van der Waals surface area contributed by atoms with E-state index in [0.29, 0.717) is 6.61 Å². The third-order valence-electron chi connectivity index (χ3n) is 6.56. The Labute approximate surface area is 195 Å². The number of alkyl halides is 3. The zero-order valence-electron chi connectivity index (χ0n) is 18.9. The van der Waals surface area contributed by atoms with Gasteiger partial charge in [-0.05, 0) is 36.5 Å². The molecule has 1 spiro atoms. The van der Waals surface area contributed by atoms with Gasteiger partial charge in [-0.15, -0.1) is 0 Å². The van der Waals surface area contributed by atoms with Crippen molar-refractivity contribution in [3.8, 4) is 0 Å². The van der Waals surface area contributed by atoms with Crippen LogP contribution in [0.25, 0.3) is 10.9 Å². The number of carbonyl (C=O) groups is 2. The summed E-state index contributed by atoms with van der Waals surface area (Å²) in [5.41, 5.74) is 2.45. The summed E-state index contributed by atoms with van der Waals surface area (Å²) in [4.78, 5) is 29.3. The lowest BCUT2D eigenvalue weighted by atomic mass is 9.89. The number of rotatable bonds is 5. The summed E-state index contributed by atoms with van der Waals surface area (Å²) in [6.45, 7) is 5.23. The minimum atomic E-state index is -5.08. The van der Waals surface area contributed by atoms with E-state index in [0.717, 1.165) is 38.6 Å². The van der Waals surface area contributed by atoms with Crippen LogP contribution in [0.3, 0.4) is 0 Å². The highest BCUT2D eigenvalue weighted by molar-refractivity contribution is 5.83. The standard InChI is InChI=1S/C21H28N4O2.C2HF3O2/c1-22-20(26)19-11-27-21(14-25(19)9-15-5-6-15)12-24(13-21)10-16-3-2-4-18-17(16)7-8-23-18;3-2(4,5)1(6)7/h2-4,7-8,15,19,23H,5-6,9-14H2,1H3,(H,22,26);(H,6,7). The topological polar surface area (TPSA) is 97.9 Å². The number of likely N-dealkylation sites (N-methyl/N-ethyl adjacent to an activating group) is 1. The van der Waals surface area contributed by atoms with Crippen molar-refractivity contribution in [3.63, 3.8) is 0 Å². The molecule has 8 nitrogen and oxygen atoms in total. The van der Waals surface area contributed by atoms with Gasteiger partial charge in [0, 0.05) is 56.9 Å². The van der Waals surface area contributed by atoms with Crippen molar-refractivity contribution in [3.05, 3.63) is 36.0 Å². The Morgan fingerprint density at radius 2 is 1.94 bits per heavy atom. The molecule has 1 amide bonds. The van der Waals surface area contributed by atoms with E-state index in [-0.39, 0.29) is 17.6 Å². The van der Waals surface area contributed by atoms with Crippen LogP contribution in [0.1, 0.15) is 18.4 Å². The van der Waals surface area contributed by atoms with Crippen molar-refractivity contribution in [2.45, 2.75) is 37.2 Å². The molecule has 1 saturated carbocycles. The maximum atomic E-state index is 12.3. The average molecular weight is 483 g/mol. The highest BCUT2D eigenvalue weighted by Gasteiger charge is 2.51. The van der Waals surface area contributed by atoms with Gasteiger partial charge in [-0.1, -0.05) is 12.1 Å². The van der Waals surface area contributed by atoms with Crippen LogP contribution in [0.15, 0.2) is 30.5 Å². The number of nitrogens with zero attached hydrogens (tertiary/aromatic N) is 2. The van der Waals surface area contributed by atoms with Gasteiger partial charge >= 0.3 is 12.1 Å². The first-order valence-electron chi connectivity index (χ1n) is 11.3. The fraction of sp³-hybridized carbons (Fsp3) is 0.565. The van der Waals surface area contributed by atoms with Crippen molar-refractivity contribution in [1.29, 1.82) is 0 Å². The lowest BCUT2D eigenvalue weighted by Gasteiger charge is -2.55. The Kier molecular flexibility index (Phi) is 6.88. The molecule has 5 rings (SSSR count). The molecule has 2 saturated heterocycles. The SMILES string of the molecule is CNC(=O)C1COC2(CN(Cc3cccc4[nH]ccc34)C2)CN1CC1CC1.O=C(O)C(F)(F)F. The van der Waals surface area contributed by atoms with Crippen molar-refractivity contribution in [2.24, 2.45) is 5.92 Å². The van der Waals surface area contributed by atoms with Crippen LogP contribution >= 0.6 is 0 Å². The Bertz CT molecular complexity index is 1030. The number of morpholine rings is 1. The van der Waals surface area contributed by atoms with Gasteiger partial charge in [0.1, 0.15) is 11.6 Å². The number of ether oxygens (including phenoxy) is 1. The Morgan fingerprint density at radius 3 is 2.56 bits per heavy atom. The largest absolute Gasteiger partial charge is 0.490 e. The second-order valence-electron chi connectivity index (χ2n) is 9.30. The monoisotopic (exact) mass is 482 g/mol. The van der Waals surface area contributed by atoms with E-state index in [1.165, 1.54) is 29.3 Å². The molecule has 3 fully saturated rings. The van der Waals surface area contributed by atoms with E-state index in [1.807, 2.05) is 6.20 Å². The molecule has 1 aliphatic carbocycles. The number of hydrogen-bond donors (Lipinski definition) is 3. The van der Waals surface area contributed by atoms with Gasteiger partial charge in [-0.3, -0.25) is 14.6 Å². The minimum Gasteiger partial charge on any atom is -0.475 e. The number of aliphatic carboxylic acids is 1. The molecule has 1 aromatic carbocycles. The number of aromatic amines is 1. The summed E-state index contributed by atoms with van der Waals surface area (Å²) in [6.07, 6.45) is -0.472. The van der Waals surface area contributed by atoms with Crippen LogP contribution < -0.4 is 5.32 Å². The van der Waals surface area contributed by atoms with E-state index in [9.17, 15) is 18.0 Å². The van der Waals surface area contributed by atoms with Crippen molar-refractivity contribution < 1.29 is 32.6 Å². The highest BCUT2D eigenvalue weighted by atomic mass is 19.4. The van der Waals surface area contributed by atoms with Crippen molar-refractivity contribution in [1.82, 2.24) is 20.1 Å². The molecule has 0 bridgehead atoms. The molecule has 3 N–H and O–H groups in total. The molecule has 3 heterocycles. The van der Waals surface area contributed by atoms with Crippen LogP contribution in [0.2, 0.25) is 0 Å². The van der Waals surface area contributed by atoms with Crippen LogP contribution in [0.4, 0.5) is 13.2 Å². The van der Waals surface area contributed by atoms with Crippen LogP contribution in [0, 0.1) is 5.92 Å². The number of benzene rings is 1. The second-order valence-corrected chi connectivity index (χ2v) is 9.30. The molecule has 2 aliphatic heterocycles. The predicted octanol–water partition coefficient (Wildman–Crippen LogP) is 2.21. The number of carboxylic acids is 1. The van der Waals surface area contributed by atoms with Gasteiger partial charge in [0.05, 0.1) is 6.61 Å². The molecule has 0 radical (unpaired) electrons. The number of carbonyl (C=O) groups excluding carboxylic acids is 1. The van der Waals surface area contributed by atoms with Crippen LogP contribution in [0.5, 0.6) is 0 Å². The van der Waals surface area contributed by atoms with E-state index in [2.05, 4.69) is 44.4 Å². The number of H-pyrrole nitrogens is 1. The average Bonchev–Trinajstić information content (AvgIpc) is 3.44. The first-order valence-corrected chi connectivity index (χ1v) is 11.3. The number of nitrogens with one attached hydrogen (secondary N) is 2. The Balaban J connectivity index is 0.000000344. The summed E-state index contributed by atoms with van der Waals surface area (Å²) in [5, 5.41) is 11.2. The lowest BCUT2D eigenvalue weighted by Crippen LogP contribution is -2.72. The normalized spacial score (nSPS) is 22.6. The van der Waals surface area contributed by atoms with Crippen LogP contribution in [-0.2, 0) is 20.9 Å². The van der Waals surface area contributed by atoms with Gasteiger partial charge in [0.15, 0.2) is 0 Å². The molecule has 34 heavy (non-hydrogen) atoms. The zero-order chi connectivity index (χ0) is 24.5. The second kappa shape index (κ2) is 9.55. The molecular weight excluding hydrogens is 453 g/mol. The Morgan fingerprint density at radius 1 is 1.24 bits per heavy atom. The zero-order valence-corrected chi connectivity index (χ0v) is 18.9. The van der Waals surface area contributed by atoms with E-state index in [4.69, 9.17) is 14.6 Å². The van der Waals surface area contributed by atoms with Crippen LogP contribution in [-0.4, -0.2) is 89.4 Å². The quantitative estimate of drug-likeness (QED) is 0.605. The first-order chi connectivity index (χ1) is 16.1. The summed E-state index contributed by atoms with van der Waals surface area (Å²) in [5.74, 6) is -1.90. The van der Waals surface area contributed by atoms with Gasteiger partial charge in [-0.2, -0.15) is 13.2 Å². The number of likely N-dealkylation sites (tertiary alicyclic amines) is 1. The number of hydrogen-bond acceptors (Lipinski definition) is 5. The molecule has 11 heteroatoms. The Hall–Kier alpha value is -2.63. The molecule has 1 atom stereocenters. The van der Waals surface area contributed by atoms with Gasteiger partial charge in [-0.25, -0.2) is 4.79 Å². The summed E-state index contributed by atoms with van der Waals surface area (Å²) in [7, 11) is 1.72. The fourth-order valence-electron chi connectivity index (χ4n) is 4.72. The van der Waals surface area contributed by atoms with E-state index in [1.54, 1.807) is 7.05 Å². The molecule has 2 aromatic rings. The molecular formula is C23H29F3N4O4. The summed E-state index contributed by atoms with van der Waals surface area (Å²) in [6, 6.07) is 8.47. The van der Waals surface area contributed by atoms with Crippen molar-refractivity contribution >= 4 is 22.8 Å². The number of carboxylic acid groups (broad SMARTS) is 1. The predicted molar refractivity (Wildman–Crippen MR) is 118 cm³/mol. The third kappa shape index (κ3) is 5.53. The van der Waals surface area contributed by atoms with Gasteiger partial charge in [0.25, 0.3) is 0 Å². The maximum absolute atomic E-state index is 12.3. The maximum Gasteiger partial charge on any atom is 0.490 e. The molecule has 3 aliphatic rings. The number of fused-ring (bicyclic) bond motifs is 1. The van der Waals surface area contributed by atoms with E-state index >= 15 is 0 Å². The summed E-state index contributed by atoms with van der Waals surface area (Å²) >= 11 is 0. The number of halogens is 3. The number of amides is 1. The third-order valence-corrected chi connectivity index (χ3v) is 6.56. The minimum absolute atomic E-state index is 0.0841. The summed E-state index contributed by atoms with van der Waals surface area (Å²) < 4.78 is 38.0. The van der Waals surface area contributed by atoms with Gasteiger partial charge in [0.2, 0.25) is 5.91 Å². The van der Waals surface area contributed by atoms with E-state index < -0.39 is 12.1 Å². The molecule has 1 aromatic heterocycles. The molecule has 186 valence electrons. The number of aromatic nitrogens is 1. The lowest BCUT2D eigenvalue weighted by molar-refractivity contribution is -0.202. The first kappa shape index (κ1) is 24.5. The van der Waals surface area contributed by atoms with Crippen molar-refractivity contribution in [2.75, 3.05) is 39.8 Å². The fourth-order valence-corrected chi connectivity index (χ4v) is 4.72. The highest BCUT2D eigenvalue weighted by Crippen LogP contribution is 2.36. The van der Waals surface area contributed by atoms with Gasteiger partial charge < -0.3 is 20.1 Å².